The Balaban J connectivity index is 2.19. The lowest BCUT2D eigenvalue weighted by atomic mass is 10.0. The molecule has 0 bridgehead atoms. The number of carbonyl (C=O) groups is 1. The maximum Gasteiger partial charge on any atom is 0.354 e. The highest BCUT2D eigenvalue weighted by Gasteiger charge is 2.19. The summed E-state index contributed by atoms with van der Waals surface area (Å²) in [6.07, 6.45) is 3.84. The van der Waals surface area contributed by atoms with Gasteiger partial charge in [0.2, 0.25) is 5.95 Å². The molecule has 1 aromatic heterocycles. The van der Waals surface area contributed by atoms with Crippen molar-refractivity contribution >= 4 is 11.9 Å². The summed E-state index contributed by atoms with van der Waals surface area (Å²) in [7, 11) is 0. The topological polar surface area (TPSA) is 66.3 Å². The number of hydrogen-bond donors (Lipinski definition) is 1. The van der Waals surface area contributed by atoms with Gasteiger partial charge in [-0.15, -0.1) is 0 Å². The van der Waals surface area contributed by atoms with Gasteiger partial charge in [0.05, 0.1) is 0 Å². The Morgan fingerprint density at radius 1 is 1.62 bits per heavy atom. The smallest absolute Gasteiger partial charge is 0.354 e. The molecule has 86 valence electrons. The molecule has 1 aromatic rings. The average Bonchev–Trinajstić information content (AvgIpc) is 2.29. The second-order valence-electron chi connectivity index (χ2n) is 4.24. The molecule has 1 aliphatic heterocycles. The fourth-order valence-corrected chi connectivity index (χ4v) is 1.99. The Bertz CT molecular complexity index is 395. The van der Waals surface area contributed by atoms with Crippen molar-refractivity contribution in [1.82, 2.24) is 9.97 Å². The van der Waals surface area contributed by atoms with E-state index in [1.807, 2.05) is 0 Å². The Morgan fingerprint density at radius 3 is 3.12 bits per heavy atom. The van der Waals surface area contributed by atoms with E-state index in [9.17, 15) is 4.79 Å². The number of aromatic nitrogens is 2. The van der Waals surface area contributed by atoms with Crippen LogP contribution in [0.25, 0.3) is 0 Å². The molecule has 2 rings (SSSR count). The fraction of sp³-hybridized carbons (Fsp3) is 0.545. The maximum atomic E-state index is 10.8. The largest absolute Gasteiger partial charge is 0.477 e. The van der Waals surface area contributed by atoms with Gasteiger partial charge < -0.3 is 10.0 Å². The van der Waals surface area contributed by atoms with Crippen molar-refractivity contribution in [2.24, 2.45) is 5.92 Å². The summed E-state index contributed by atoms with van der Waals surface area (Å²) in [5, 5.41) is 8.85. The maximum absolute atomic E-state index is 10.8. The van der Waals surface area contributed by atoms with Crippen LogP contribution in [-0.4, -0.2) is 34.1 Å². The molecule has 1 unspecified atom stereocenters. The lowest BCUT2D eigenvalue weighted by molar-refractivity contribution is 0.0690. The van der Waals surface area contributed by atoms with Gasteiger partial charge in [-0.05, 0) is 24.8 Å². The molecule has 0 aromatic carbocycles. The quantitative estimate of drug-likeness (QED) is 0.817. The first-order valence-corrected chi connectivity index (χ1v) is 5.48. The third-order valence-electron chi connectivity index (χ3n) is 2.80. The first-order valence-electron chi connectivity index (χ1n) is 5.48. The molecule has 1 atom stereocenters. The van der Waals surface area contributed by atoms with Gasteiger partial charge in [0.15, 0.2) is 5.69 Å². The van der Waals surface area contributed by atoms with Gasteiger partial charge in [-0.1, -0.05) is 6.92 Å². The Labute approximate surface area is 94.1 Å². The second-order valence-corrected chi connectivity index (χ2v) is 4.24. The summed E-state index contributed by atoms with van der Waals surface area (Å²) in [6.45, 7) is 4.00. The Kier molecular flexibility index (Phi) is 3.03. The van der Waals surface area contributed by atoms with Crippen molar-refractivity contribution in [2.45, 2.75) is 19.8 Å². The number of anilines is 1. The van der Waals surface area contributed by atoms with Crippen molar-refractivity contribution < 1.29 is 9.90 Å². The van der Waals surface area contributed by atoms with Crippen LogP contribution < -0.4 is 4.90 Å². The van der Waals surface area contributed by atoms with E-state index in [0.29, 0.717) is 11.9 Å². The fourth-order valence-electron chi connectivity index (χ4n) is 1.99. The molecule has 5 nitrogen and oxygen atoms in total. The minimum absolute atomic E-state index is 0.0585. The van der Waals surface area contributed by atoms with Crippen LogP contribution in [0, 0.1) is 5.92 Å². The zero-order valence-electron chi connectivity index (χ0n) is 9.26. The molecule has 5 heteroatoms. The number of aromatic carboxylic acids is 1. The molecule has 1 N–H and O–H groups in total. The highest BCUT2D eigenvalue weighted by atomic mass is 16.4. The summed E-state index contributed by atoms with van der Waals surface area (Å²) in [5.41, 5.74) is 0.0585. The zero-order valence-corrected chi connectivity index (χ0v) is 9.26. The van der Waals surface area contributed by atoms with Gasteiger partial charge >= 0.3 is 5.97 Å². The summed E-state index contributed by atoms with van der Waals surface area (Å²) in [5.74, 6) is 0.144. The van der Waals surface area contributed by atoms with Crippen molar-refractivity contribution in [3.63, 3.8) is 0 Å². The number of hydrogen-bond acceptors (Lipinski definition) is 4. The number of carboxylic acid groups (broad SMARTS) is 1. The first kappa shape index (κ1) is 10.9. The average molecular weight is 221 g/mol. The zero-order chi connectivity index (χ0) is 11.5. The normalized spacial score (nSPS) is 20.8. The molecular weight excluding hydrogens is 206 g/mol. The van der Waals surface area contributed by atoms with Crippen LogP contribution in [0.15, 0.2) is 12.3 Å². The van der Waals surface area contributed by atoms with E-state index >= 15 is 0 Å². The first-order chi connectivity index (χ1) is 7.66. The van der Waals surface area contributed by atoms with E-state index in [1.165, 1.54) is 18.7 Å². The van der Waals surface area contributed by atoms with Crippen LogP contribution in [0.4, 0.5) is 5.95 Å². The summed E-state index contributed by atoms with van der Waals surface area (Å²) < 4.78 is 0. The highest BCUT2D eigenvalue weighted by molar-refractivity contribution is 5.85. The van der Waals surface area contributed by atoms with Crippen LogP contribution in [-0.2, 0) is 0 Å². The molecule has 2 heterocycles. The molecule has 0 saturated carbocycles. The van der Waals surface area contributed by atoms with E-state index in [1.54, 1.807) is 0 Å². The van der Waals surface area contributed by atoms with Crippen molar-refractivity contribution in [3.05, 3.63) is 18.0 Å². The second kappa shape index (κ2) is 4.47. The van der Waals surface area contributed by atoms with Gasteiger partial charge in [-0.2, -0.15) is 0 Å². The molecule has 0 aliphatic carbocycles. The standard InChI is InChI=1S/C11H15N3O2/c1-8-3-2-6-14(7-8)11-12-5-4-9(13-11)10(15)16/h4-5,8H,2-3,6-7H2,1H3,(H,15,16). The number of rotatable bonds is 2. The van der Waals surface area contributed by atoms with E-state index in [4.69, 9.17) is 5.11 Å². The van der Waals surface area contributed by atoms with Gasteiger partial charge in [-0.25, -0.2) is 14.8 Å². The molecular formula is C11H15N3O2. The molecule has 1 aliphatic rings. The van der Waals surface area contributed by atoms with Gasteiger partial charge in [0.25, 0.3) is 0 Å². The lowest BCUT2D eigenvalue weighted by Gasteiger charge is -2.30. The SMILES string of the molecule is CC1CCCN(c2nccc(C(=O)O)n2)C1. The van der Waals surface area contributed by atoms with Crippen LogP contribution >= 0.6 is 0 Å². The monoisotopic (exact) mass is 221 g/mol. The third-order valence-corrected chi connectivity index (χ3v) is 2.80. The van der Waals surface area contributed by atoms with E-state index < -0.39 is 5.97 Å². The highest BCUT2D eigenvalue weighted by Crippen LogP contribution is 2.19. The predicted molar refractivity (Wildman–Crippen MR) is 59.6 cm³/mol. The van der Waals surface area contributed by atoms with E-state index in [-0.39, 0.29) is 5.69 Å². The number of piperidine rings is 1. The van der Waals surface area contributed by atoms with Gasteiger partial charge in [0.1, 0.15) is 0 Å². The van der Waals surface area contributed by atoms with Crippen LogP contribution in [0.3, 0.4) is 0 Å². The molecule has 1 saturated heterocycles. The molecule has 0 spiro atoms. The molecule has 0 radical (unpaired) electrons. The van der Waals surface area contributed by atoms with Crippen LogP contribution in [0.2, 0.25) is 0 Å². The van der Waals surface area contributed by atoms with Crippen molar-refractivity contribution in [1.29, 1.82) is 0 Å². The van der Waals surface area contributed by atoms with Crippen molar-refractivity contribution in [2.75, 3.05) is 18.0 Å². The lowest BCUT2D eigenvalue weighted by Crippen LogP contribution is -2.35. The van der Waals surface area contributed by atoms with Crippen LogP contribution in [0.5, 0.6) is 0 Å². The Hall–Kier alpha value is -1.65. The number of carboxylic acids is 1. The third kappa shape index (κ3) is 2.29. The molecule has 0 amide bonds. The summed E-state index contributed by atoms with van der Waals surface area (Å²) in [4.78, 5) is 21.0. The summed E-state index contributed by atoms with van der Waals surface area (Å²) in [6, 6.07) is 1.42. The van der Waals surface area contributed by atoms with E-state index in [2.05, 4.69) is 21.8 Å². The van der Waals surface area contributed by atoms with Gasteiger partial charge in [-0.3, -0.25) is 0 Å². The van der Waals surface area contributed by atoms with Crippen LogP contribution in [0.1, 0.15) is 30.3 Å². The van der Waals surface area contributed by atoms with Crippen molar-refractivity contribution in [3.8, 4) is 0 Å². The molecule has 1 fully saturated rings. The number of nitrogens with zero attached hydrogens (tertiary/aromatic N) is 3. The Morgan fingerprint density at radius 2 is 2.44 bits per heavy atom. The van der Waals surface area contributed by atoms with Gasteiger partial charge in [0, 0.05) is 19.3 Å². The minimum atomic E-state index is -1.01. The molecule has 16 heavy (non-hydrogen) atoms. The minimum Gasteiger partial charge on any atom is -0.477 e. The summed E-state index contributed by atoms with van der Waals surface area (Å²) >= 11 is 0. The van der Waals surface area contributed by atoms with E-state index in [0.717, 1.165) is 19.5 Å². The predicted octanol–water partition coefficient (Wildman–Crippen LogP) is 1.41.